The molecular weight excluding hydrogens is 848 g/mol. The molecule has 0 spiro atoms. The summed E-state index contributed by atoms with van der Waals surface area (Å²) in [6.45, 7) is 22.5. The average Bonchev–Trinajstić information content (AvgIpc) is 3.77. The van der Waals surface area contributed by atoms with E-state index >= 15 is 8.78 Å². The topological polar surface area (TPSA) is 100 Å². The number of fused-ring (bicyclic) bond motifs is 3. The SMILES string of the molecule is COCOc1cc(-c2ccc3c(N4CCN(C(=O)OC(C)(C)C)C[C@H]4C)c(C#N)c(OC[C@@]45CCCN4C[C@H](F)C5)nc3c2F)c2c(C#C[Si](C(C)C)(C(C)C)C(C)C)c(F)ccc2c1. The number of benzene rings is 3. The Labute approximate surface area is 383 Å². The quantitative estimate of drug-likeness (QED) is 0.0827. The van der Waals surface area contributed by atoms with Gasteiger partial charge in [-0.05, 0) is 98.9 Å². The van der Waals surface area contributed by atoms with Gasteiger partial charge in [0.05, 0.1) is 16.8 Å². The number of hydrogen-bond donors (Lipinski definition) is 0. The first-order chi connectivity index (χ1) is 30.7. The molecule has 0 aliphatic carbocycles. The fourth-order valence-electron chi connectivity index (χ4n) is 11.0. The minimum absolute atomic E-state index is 0.0601. The lowest BCUT2D eigenvalue weighted by atomic mass is 9.92. The summed E-state index contributed by atoms with van der Waals surface area (Å²) in [5.41, 5.74) is 4.41. The van der Waals surface area contributed by atoms with Gasteiger partial charge in [0.2, 0.25) is 5.88 Å². The minimum Gasteiger partial charge on any atom is -0.475 e. The molecule has 10 nitrogen and oxygen atoms in total. The number of nitriles is 1. The third kappa shape index (κ3) is 9.11. The number of hydrogen-bond acceptors (Lipinski definition) is 9. The van der Waals surface area contributed by atoms with Gasteiger partial charge >= 0.3 is 6.09 Å². The molecule has 3 saturated heterocycles. The van der Waals surface area contributed by atoms with E-state index in [4.69, 9.17) is 23.9 Å². The van der Waals surface area contributed by atoms with Crippen molar-refractivity contribution in [3.05, 3.63) is 59.2 Å². The summed E-state index contributed by atoms with van der Waals surface area (Å²) >= 11 is 0. The molecule has 14 heteroatoms. The Morgan fingerprint density at radius 3 is 2.34 bits per heavy atom. The largest absolute Gasteiger partial charge is 0.475 e. The van der Waals surface area contributed by atoms with Crippen molar-refractivity contribution in [3.8, 4) is 40.3 Å². The molecule has 3 aromatic carbocycles. The number of ether oxygens (including phenoxy) is 4. The van der Waals surface area contributed by atoms with Crippen molar-refractivity contribution in [2.75, 3.05) is 58.1 Å². The number of carbonyl (C=O) groups excluding carboxylic acids is 1. The van der Waals surface area contributed by atoms with Gasteiger partial charge in [-0.15, -0.1) is 5.54 Å². The van der Waals surface area contributed by atoms with E-state index in [1.54, 1.807) is 35.2 Å². The second-order valence-corrected chi connectivity index (χ2v) is 25.7. The molecule has 1 aromatic heterocycles. The van der Waals surface area contributed by atoms with Crippen LogP contribution in [0.4, 0.5) is 23.7 Å². The Morgan fingerprint density at radius 2 is 1.69 bits per heavy atom. The zero-order valence-corrected chi connectivity index (χ0v) is 40.8. The summed E-state index contributed by atoms with van der Waals surface area (Å²) in [5.74, 6) is 2.43. The van der Waals surface area contributed by atoms with Crippen LogP contribution in [0.2, 0.25) is 16.6 Å². The number of methoxy groups -OCH3 is 1. The number of pyridine rings is 1. The maximum Gasteiger partial charge on any atom is 0.410 e. The van der Waals surface area contributed by atoms with Crippen molar-refractivity contribution in [1.29, 1.82) is 5.26 Å². The van der Waals surface area contributed by atoms with Gasteiger partial charge in [0.15, 0.2) is 12.6 Å². The van der Waals surface area contributed by atoms with E-state index in [2.05, 4.69) is 64.0 Å². The van der Waals surface area contributed by atoms with E-state index in [0.29, 0.717) is 69.3 Å². The zero-order chi connectivity index (χ0) is 47.2. The van der Waals surface area contributed by atoms with Gasteiger partial charge in [-0.25, -0.2) is 22.9 Å². The Morgan fingerprint density at radius 1 is 0.969 bits per heavy atom. The first-order valence-corrected chi connectivity index (χ1v) is 25.2. The van der Waals surface area contributed by atoms with Gasteiger partial charge in [-0.3, -0.25) is 4.90 Å². The maximum atomic E-state index is 18.0. The highest BCUT2D eigenvalue weighted by molar-refractivity contribution is 6.90. The number of aromatic nitrogens is 1. The molecule has 7 rings (SSSR count). The molecule has 3 aliphatic rings. The number of nitrogens with zero attached hydrogens (tertiary/aromatic N) is 5. The smallest absolute Gasteiger partial charge is 0.410 e. The van der Waals surface area contributed by atoms with Crippen molar-refractivity contribution in [1.82, 2.24) is 14.8 Å². The fourth-order valence-corrected chi connectivity index (χ4v) is 16.2. The Kier molecular flexibility index (Phi) is 13.8. The van der Waals surface area contributed by atoms with Crippen molar-refractivity contribution >= 4 is 41.5 Å². The van der Waals surface area contributed by atoms with Gasteiger partial charge in [0.1, 0.15) is 55.2 Å². The van der Waals surface area contributed by atoms with Crippen LogP contribution >= 0.6 is 0 Å². The monoisotopic (exact) mass is 911 g/mol. The van der Waals surface area contributed by atoms with Gasteiger partial charge in [-0.1, -0.05) is 59.6 Å². The lowest BCUT2D eigenvalue weighted by molar-refractivity contribution is 0.0218. The van der Waals surface area contributed by atoms with Crippen molar-refractivity contribution in [2.45, 2.75) is 128 Å². The van der Waals surface area contributed by atoms with E-state index in [1.807, 2.05) is 32.6 Å². The molecule has 3 aliphatic heterocycles. The van der Waals surface area contributed by atoms with Crippen LogP contribution in [0, 0.1) is 34.4 Å². The fraction of sp³-hybridized carbons (Fsp3) is 0.549. The van der Waals surface area contributed by atoms with Crippen LogP contribution in [-0.2, 0) is 9.47 Å². The molecule has 348 valence electrons. The summed E-state index contributed by atoms with van der Waals surface area (Å²) < 4.78 is 72.8. The molecule has 3 atom stereocenters. The molecule has 4 aromatic rings. The number of carbonyl (C=O) groups is 1. The average molecular weight is 912 g/mol. The standard InChI is InChI=1S/C51H64F3N5O5Si/c1-31(2)65(32(3)4,33(5)6)22-17-39-43(53)16-13-35-23-37(63-30-61-11)24-41(44(35)39)38-14-15-40-46(45(38)54)56-48(62-29-51-18-12-19-58(51)28-36(52)25-51)42(26-55)47(40)59-21-20-57(27-34(59)7)49(60)64-50(8,9)10/h13-16,23-24,31-34,36H,12,18-21,25,27-30H2,1-11H3/t34-,36-,51+/m1/s1. The summed E-state index contributed by atoms with van der Waals surface area (Å²) in [6.07, 6.45) is 0.460. The molecule has 0 saturated carbocycles. The third-order valence-corrected chi connectivity index (χ3v) is 20.2. The molecule has 0 unspecified atom stereocenters. The van der Waals surface area contributed by atoms with Crippen LogP contribution in [0.3, 0.4) is 0 Å². The number of anilines is 1. The van der Waals surface area contributed by atoms with Gasteiger partial charge in [0, 0.05) is 62.1 Å². The van der Waals surface area contributed by atoms with Crippen LogP contribution in [0.15, 0.2) is 36.4 Å². The lowest BCUT2D eigenvalue weighted by Gasteiger charge is -2.42. The Balaban J connectivity index is 1.45. The van der Waals surface area contributed by atoms with Crippen LogP contribution in [-0.4, -0.2) is 106 Å². The van der Waals surface area contributed by atoms with Crippen molar-refractivity contribution in [2.24, 2.45) is 0 Å². The molecule has 0 bridgehead atoms. The molecule has 0 N–H and O–H groups in total. The number of alkyl halides is 1. The number of rotatable bonds is 11. The molecule has 1 amide bonds. The minimum atomic E-state index is -2.34. The van der Waals surface area contributed by atoms with Gasteiger partial charge in [0.25, 0.3) is 0 Å². The number of halogens is 3. The van der Waals surface area contributed by atoms with Gasteiger partial charge < -0.3 is 28.7 Å². The molecular formula is C51H64F3N5O5Si. The lowest BCUT2D eigenvalue weighted by Crippen LogP contribution is -2.54. The maximum absolute atomic E-state index is 18.0. The summed E-state index contributed by atoms with van der Waals surface area (Å²) in [6, 6.07) is 11.9. The summed E-state index contributed by atoms with van der Waals surface area (Å²) in [7, 11) is -0.834. The number of piperazine rings is 1. The Bertz CT molecular complexity index is 2540. The van der Waals surface area contributed by atoms with Crippen molar-refractivity contribution < 1.29 is 36.9 Å². The van der Waals surface area contributed by atoms with E-state index in [9.17, 15) is 14.4 Å². The zero-order valence-electron chi connectivity index (χ0n) is 39.8. The number of amides is 1. The molecule has 65 heavy (non-hydrogen) atoms. The third-order valence-electron chi connectivity index (χ3n) is 13.9. The first kappa shape index (κ1) is 47.9. The highest BCUT2D eigenvalue weighted by Crippen LogP contribution is 2.46. The van der Waals surface area contributed by atoms with Crippen LogP contribution in [0.25, 0.3) is 32.8 Å². The van der Waals surface area contributed by atoms with E-state index in [1.165, 1.54) is 13.2 Å². The van der Waals surface area contributed by atoms with E-state index < -0.39 is 43.1 Å². The molecule has 0 radical (unpaired) electrons. The van der Waals surface area contributed by atoms with E-state index in [-0.39, 0.29) is 60.6 Å². The second kappa shape index (κ2) is 18.7. The van der Waals surface area contributed by atoms with Crippen LogP contribution in [0.1, 0.15) is 99.6 Å². The highest BCUT2D eigenvalue weighted by atomic mass is 28.3. The van der Waals surface area contributed by atoms with Crippen molar-refractivity contribution in [3.63, 3.8) is 0 Å². The first-order valence-electron chi connectivity index (χ1n) is 23.0. The van der Waals surface area contributed by atoms with Crippen LogP contribution < -0.4 is 14.4 Å². The summed E-state index contributed by atoms with van der Waals surface area (Å²) in [5, 5.41) is 12.3. The highest BCUT2D eigenvalue weighted by Gasteiger charge is 2.50. The molecule has 4 heterocycles. The Hall–Kier alpha value is -5.02. The predicted molar refractivity (Wildman–Crippen MR) is 253 cm³/mol. The predicted octanol–water partition coefficient (Wildman–Crippen LogP) is 11.2. The second-order valence-electron chi connectivity index (χ2n) is 20.1. The summed E-state index contributed by atoms with van der Waals surface area (Å²) in [4.78, 5) is 23.8. The van der Waals surface area contributed by atoms with E-state index in [0.717, 1.165) is 19.4 Å². The van der Waals surface area contributed by atoms with Crippen LogP contribution in [0.5, 0.6) is 11.6 Å². The van der Waals surface area contributed by atoms with Gasteiger partial charge in [-0.2, -0.15) is 5.26 Å². The molecule has 3 fully saturated rings. The normalized spacial score (nSPS) is 20.4.